The number of hydrogen-bond acceptors (Lipinski definition) is 6. The SMILES string of the molecule is CCCNC(=O)CNC(=O)COC(=O)CCN1C(=O)COc2ccccc21. The van der Waals surface area contributed by atoms with Gasteiger partial charge in [0.2, 0.25) is 5.91 Å². The van der Waals surface area contributed by atoms with Gasteiger partial charge in [0, 0.05) is 13.1 Å². The molecule has 2 N–H and O–H groups in total. The first-order valence-corrected chi connectivity index (χ1v) is 8.72. The molecule has 0 aliphatic carbocycles. The Morgan fingerprint density at radius 1 is 1.19 bits per heavy atom. The second kappa shape index (κ2) is 10.1. The average Bonchev–Trinajstić information content (AvgIpc) is 2.68. The van der Waals surface area contributed by atoms with Crippen LogP contribution in [0.15, 0.2) is 24.3 Å². The highest BCUT2D eigenvalue weighted by Crippen LogP contribution is 2.31. The van der Waals surface area contributed by atoms with Gasteiger partial charge in [0.25, 0.3) is 11.8 Å². The fourth-order valence-electron chi connectivity index (χ4n) is 2.38. The number of carbonyl (C=O) groups excluding carboxylic acids is 4. The van der Waals surface area contributed by atoms with Crippen LogP contribution in [-0.4, -0.2) is 56.5 Å². The summed E-state index contributed by atoms with van der Waals surface area (Å²) in [6, 6.07) is 7.04. The van der Waals surface area contributed by atoms with Crippen molar-refractivity contribution >= 4 is 29.4 Å². The second-order valence-corrected chi connectivity index (χ2v) is 5.84. The van der Waals surface area contributed by atoms with Gasteiger partial charge in [-0.3, -0.25) is 19.2 Å². The summed E-state index contributed by atoms with van der Waals surface area (Å²) < 4.78 is 10.2. The fraction of sp³-hybridized carbons (Fsp3) is 0.444. The van der Waals surface area contributed by atoms with Gasteiger partial charge in [0.15, 0.2) is 13.2 Å². The van der Waals surface area contributed by atoms with E-state index in [2.05, 4.69) is 10.6 Å². The lowest BCUT2D eigenvalue weighted by atomic mass is 10.2. The maximum atomic E-state index is 12.0. The number of amides is 3. The van der Waals surface area contributed by atoms with Gasteiger partial charge in [-0.2, -0.15) is 0 Å². The molecule has 0 spiro atoms. The first kappa shape index (κ1) is 20.2. The van der Waals surface area contributed by atoms with Crippen LogP contribution in [0.5, 0.6) is 5.75 Å². The highest BCUT2D eigenvalue weighted by molar-refractivity contribution is 5.98. The molecule has 0 aromatic heterocycles. The fourth-order valence-corrected chi connectivity index (χ4v) is 2.38. The van der Waals surface area contributed by atoms with E-state index in [0.29, 0.717) is 18.0 Å². The summed E-state index contributed by atoms with van der Waals surface area (Å²) in [6.07, 6.45) is 0.734. The number of rotatable bonds is 9. The van der Waals surface area contributed by atoms with Crippen LogP contribution < -0.4 is 20.3 Å². The summed E-state index contributed by atoms with van der Waals surface area (Å²) in [6.45, 7) is 1.84. The molecule has 1 heterocycles. The van der Waals surface area contributed by atoms with Crippen molar-refractivity contribution in [2.75, 3.05) is 37.7 Å². The van der Waals surface area contributed by atoms with E-state index in [9.17, 15) is 19.2 Å². The number of hydrogen-bond donors (Lipinski definition) is 2. The number of nitrogens with zero attached hydrogens (tertiary/aromatic N) is 1. The zero-order chi connectivity index (χ0) is 19.6. The molecule has 9 nitrogen and oxygen atoms in total. The Balaban J connectivity index is 1.71. The van der Waals surface area contributed by atoms with Crippen LogP contribution in [0.3, 0.4) is 0 Å². The largest absolute Gasteiger partial charge is 0.482 e. The molecule has 1 aromatic carbocycles. The summed E-state index contributed by atoms with van der Waals surface area (Å²) in [5, 5.41) is 4.98. The second-order valence-electron chi connectivity index (χ2n) is 5.84. The van der Waals surface area contributed by atoms with Crippen LogP contribution in [-0.2, 0) is 23.9 Å². The summed E-state index contributed by atoms with van der Waals surface area (Å²) in [7, 11) is 0. The zero-order valence-corrected chi connectivity index (χ0v) is 15.2. The normalized spacial score (nSPS) is 12.6. The van der Waals surface area contributed by atoms with E-state index in [0.717, 1.165) is 6.42 Å². The van der Waals surface area contributed by atoms with E-state index < -0.39 is 18.5 Å². The third-order valence-corrected chi connectivity index (χ3v) is 3.73. The number of para-hydroxylation sites is 2. The molecule has 3 amide bonds. The molecule has 27 heavy (non-hydrogen) atoms. The number of carbonyl (C=O) groups is 4. The van der Waals surface area contributed by atoms with Gasteiger partial charge in [-0.1, -0.05) is 19.1 Å². The molecule has 1 aliphatic rings. The van der Waals surface area contributed by atoms with Gasteiger partial charge >= 0.3 is 5.97 Å². The molecule has 0 bridgehead atoms. The summed E-state index contributed by atoms with van der Waals surface area (Å²) in [5.41, 5.74) is 0.595. The minimum absolute atomic E-state index is 0.0651. The molecule has 9 heteroatoms. The van der Waals surface area contributed by atoms with Gasteiger partial charge in [0.05, 0.1) is 18.7 Å². The maximum absolute atomic E-state index is 12.0. The van der Waals surface area contributed by atoms with Gasteiger partial charge in [-0.25, -0.2) is 0 Å². The highest BCUT2D eigenvalue weighted by atomic mass is 16.5. The number of nitrogens with one attached hydrogen (secondary N) is 2. The standard InChI is InChI=1S/C18H23N3O6/c1-2-8-19-15(22)10-20-16(23)11-27-18(25)7-9-21-13-5-3-4-6-14(13)26-12-17(21)24/h3-6H,2,7-12H2,1H3,(H,19,22)(H,20,23). The van der Waals surface area contributed by atoms with Crippen LogP contribution in [0.25, 0.3) is 0 Å². The molecular weight excluding hydrogens is 354 g/mol. The maximum Gasteiger partial charge on any atom is 0.308 e. The Hall–Kier alpha value is -3.10. The third-order valence-electron chi connectivity index (χ3n) is 3.73. The first-order chi connectivity index (χ1) is 13.0. The van der Waals surface area contributed by atoms with Gasteiger partial charge in [-0.15, -0.1) is 0 Å². The lowest BCUT2D eigenvalue weighted by Crippen LogP contribution is -2.40. The summed E-state index contributed by atoms with van der Waals surface area (Å²) in [4.78, 5) is 48.3. The minimum Gasteiger partial charge on any atom is -0.482 e. The number of anilines is 1. The lowest BCUT2D eigenvalue weighted by molar-refractivity contribution is -0.148. The molecule has 0 radical (unpaired) electrons. The van der Waals surface area contributed by atoms with Gasteiger partial charge in [0.1, 0.15) is 5.75 Å². The summed E-state index contributed by atoms with van der Waals surface area (Å²) >= 11 is 0. The Morgan fingerprint density at radius 3 is 2.74 bits per heavy atom. The van der Waals surface area contributed by atoms with E-state index in [1.54, 1.807) is 24.3 Å². The average molecular weight is 377 g/mol. The van der Waals surface area contributed by atoms with Crippen molar-refractivity contribution in [3.8, 4) is 5.75 Å². The minimum atomic E-state index is -0.614. The van der Waals surface area contributed by atoms with Crippen molar-refractivity contribution in [1.82, 2.24) is 10.6 Å². The summed E-state index contributed by atoms with van der Waals surface area (Å²) in [5.74, 6) is -1.16. The van der Waals surface area contributed by atoms with E-state index in [1.807, 2.05) is 6.92 Å². The van der Waals surface area contributed by atoms with Crippen LogP contribution in [0.2, 0.25) is 0 Å². The van der Waals surface area contributed by atoms with Crippen molar-refractivity contribution < 1.29 is 28.7 Å². The number of ether oxygens (including phenoxy) is 2. The van der Waals surface area contributed by atoms with Crippen LogP contribution in [0, 0.1) is 0 Å². The highest BCUT2D eigenvalue weighted by Gasteiger charge is 2.25. The van der Waals surface area contributed by atoms with Crippen molar-refractivity contribution in [2.24, 2.45) is 0 Å². The van der Waals surface area contributed by atoms with Crippen LogP contribution in [0.4, 0.5) is 5.69 Å². The predicted octanol–water partition coefficient (Wildman–Crippen LogP) is -0.0123. The van der Waals surface area contributed by atoms with Crippen LogP contribution >= 0.6 is 0 Å². The molecule has 0 saturated heterocycles. The molecule has 146 valence electrons. The molecule has 0 unspecified atom stereocenters. The molecule has 1 aromatic rings. The monoisotopic (exact) mass is 377 g/mol. The number of esters is 1. The Kier molecular flexibility index (Phi) is 7.60. The molecule has 2 rings (SSSR count). The van der Waals surface area contributed by atoms with E-state index in [-0.39, 0.29) is 37.9 Å². The number of fused-ring (bicyclic) bond motifs is 1. The Labute approximate surface area is 157 Å². The van der Waals surface area contributed by atoms with Crippen molar-refractivity contribution in [2.45, 2.75) is 19.8 Å². The molecule has 0 saturated carbocycles. The molecular formula is C18H23N3O6. The molecule has 1 aliphatic heterocycles. The molecule has 0 atom stereocenters. The van der Waals surface area contributed by atoms with Gasteiger partial charge < -0.3 is 25.0 Å². The predicted molar refractivity (Wildman–Crippen MR) is 96.2 cm³/mol. The first-order valence-electron chi connectivity index (χ1n) is 8.72. The van der Waals surface area contributed by atoms with Crippen LogP contribution in [0.1, 0.15) is 19.8 Å². The zero-order valence-electron chi connectivity index (χ0n) is 15.2. The Bertz CT molecular complexity index is 706. The number of benzene rings is 1. The third kappa shape index (κ3) is 6.28. The van der Waals surface area contributed by atoms with Crippen molar-refractivity contribution in [3.63, 3.8) is 0 Å². The van der Waals surface area contributed by atoms with Crippen molar-refractivity contribution in [1.29, 1.82) is 0 Å². The van der Waals surface area contributed by atoms with E-state index in [4.69, 9.17) is 9.47 Å². The van der Waals surface area contributed by atoms with Gasteiger partial charge in [-0.05, 0) is 18.6 Å². The molecule has 0 fully saturated rings. The smallest absolute Gasteiger partial charge is 0.308 e. The van der Waals surface area contributed by atoms with E-state index in [1.165, 1.54) is 4.90 Å². The Morgan fingerprint density at radius 2 is 1.96 bits per heavy atom. The van der Waals surface area contributed by atoms with Crippen molar-refractivity contribution in [3.05, 3.63) is 24.3 Å². The lowest BCUT2D eigenvalue weighted by Gasteiger charge is -2.28. The van der Waals surface area contributed by atoms with E-state index >= 15 is 0 Å². The quantitative estimate of drug-likeness (QED) is 0.585. The topological polar surface area (TPSA) is 114 Å².